The zero-order valence-corrected chi connectivity index (χ0v) is 13.9. The van der Waals surface area contributed by atoms with Crippen LogP contribution in [0, 0.1) is 6.92 Å². The Hall–Kier alpha value is -1.84. The van der Waals surface area contributed by atoms with Crippen LogP contribution >= 0.6 is 0 Å². The summed E-state index contributed by atoms with van der Waals surface area (Å²) in [6.45, 7) is 11.7. The van der Waals surface area contributed by atoms with Crippen LogP contribution in [0.3, 0.4) is 0 Å². The molecule has 0 aliphatic carbocycles. The van der Waals surface area contributed by atoms with Crippen molar-refractivity contribution in [3.63, 3.8) is 0 Å². The van der Waals surface area contributed by atoms with Gasteiger partial charge in [0.05, 0.1) is 6.42 Å². The van der Waals surface area contributed by atoms with Gasteiger partial charge in [0.1, 0.15) is 5.60 Å². The molecule has 118 valence electrons. The first-order valence-electron chi connectivity index (χ1n) is 7.34. The number of rotatable bonds is 4. The van der Waals surface area contributed by atoms with Crippen LogP contribution in [-0.4, -0.2) is 24.0 Å². The van der Waals surface area contributed by atoms with Gasteiger partial charge in [0, 0.05) is 12.1 Å². The first-order valence-corrected chi connectivity index (χ1v) is 7.34. The van der Waals surface area contributed by atoms with Crippen LogP contribution in [0.15, 0.2) is 24.3 Å². The Labute approximate surface area is 127 Å². The number of benzene rings is 1. The van der Waals surface area contributed by atoms with Crippen molar-refractivity contribution in [1.29, 1.82) is 0 Å². The number of ether oxygens (including phenoxy) is 1. The maximum absolute atomic E-state index is 11.8. The average molecular weight is 293 g/mol. The molecule has 4 nitrogen and oxygen atoms in total. The van der Waals surface area contributed by atoms with Gasteiger partial charge in [-0.2, -0.15) is 0 Å². The second-order valence-corrected chi connectivity index (χ2v) is 5.46. The first-order chi connectivity index (χ1) is 9.78. The maximum Gasteiger partial charge on any atom is 0.308 e. The molecule has 0 unspecified atom stereocenters. The lowest BCUT2D eigenvalue weighted by atomic mass is 10.1. The third kappa shape index (κ3) is 8.84. The number of nitrogens with one attached hydrogen (secondary N) is 1. The Kier molecular flexibility index (Phi) is 8.36. The fourth-order valence-electron chi connectivity index (χ4n) is 1.48. The number of carbonyl (C=O) groups excluding carboxylic acids is 2. The van der Waals surface area contributed by atoms with Crippen LogP contribution in [0.4, 0.5) is 0 Å². The highest BCUT2D eigenvalue weighted by atomic mass is 16.6. The van der Waals surface area contributed by atoms with Gasteiger partial charge in [-0.25, -0.2) is 0 Å². The molecule has 0 saturated heterocycles. The van der Waals surface area contributed by atoms with Gasteiger partial charge in [-0.15, -0.1) is 0 Å². The topological polar surface area (TPSA) is 55.4 Å². The highest BCUT2D eigenvalue weighted by molar-refractivity contribution is 5.94. The first kappa shape index (κ1) is 19.2. The third-order valence-corrected chi connectivity index (χ3v) is 2.35. The van der Waals surface area contributed by atoms with Crippen LogP contribution in [0.25, 0.3) is 0 Å². The summed E-state index contributed by atoms with van der Waals surface area (Å²) >= 11 is 0. The van der Waals surface area contributed by atoms with Crippen molar-refractivity contribution >= 4 is 11.9 Å². The summed E-state index contributed by atoms with van der Waals surface area (Å²) in [4.78, 5) is 23.2. The van der Waals surface area contributed by atoms with Crippen molar-refractivity contribution in [1.82, 2.24) is 5.32 Å². The molecule has 0 saturated carbocycles. The van der Waals surface area contributed by atoms with Crippen molar-refractivity contribution in [3.05, 3.63) is 35.4 Å². The van der Waals surface area contributed by atoms with Gasteiger partial charge in [0.25, 0.3) is 5.91 Å². The summed E-state index contributed by atoms with van der Waals surface area (Å²) in [5, 5.41) is 2.70. The van der Waals surface area contributed by atoms with Crippen molar-refractivity contribution in [3.8, 4) is 0 Å². The van der Waals surface area contributed by atoms with E-state index in [1.807, 2.05) is 53.7 Å². The second kappa shape index (κ2) is 9.16. The van der Waals surface area contributed by atoms with Crippen molar-refractivity contribution in [2.75, 3.05) is 6.54 Å². The molecule has 1 N–H and O–H groups in total. The summed E-state index contributed by atoms with van der Waals surface area (Å²) in [6.07, 6.45) is 0.175. The molecular weight excluding hydrogens is 266 g/mol. The minimum atomic E-state index is -0.488. The number of esters is 1. The predicted molar refractivity (Wildman–Crippen MR) is 85.3 cm³/mol. The number of aryl methyl sites for hydroxylation is 1. The van der Waals surface area contributed by atoms with Gasteiger partial charge in [-0.1, -0.05) is 31.5 Å². The molecule has 0 spiro atoms. The smallest absolute Gasteiger partial charge is 0.308 e. The Morgan fingerprint density at radius 1 is 1.10 bits per heavy atom. The molecule has 0 aromatic heterocycles. The molecule has 21 heavy (non-hydrogen) atoms. The van der Waals surface area contributed by atoms with Gasteiger partial charge in [-0.3, -0.25) is 9.59 Å². The van der Waals surface area contributed by atoms with E-state index in [1.54, 1.807) is 12.1 Å². The zero-order valence-electron chi connectivity index (χ0n) is 13.9. The molecule has 4 heteroatoms. The summed E-state index contributed by atoms with van der Waals surface area (Å²) in [5.74, 6) is -0.486. The quantitative estimate of drug-likeness (QED) is 0.865. The van der Waals surface area contributed by atoms with E-state index < -0.39 is 5.60 Å². The summed E-state index contributed by atoms with van der Waals surface area (Å²) in [5.41, 5.74) is 1.21. The van der Waals surface area contributed by atoms with Crippen molar-refractivity contribution < 1.29 is 14.3 Å². The van der Waals surface area contributed by atoms with Crippen LogP contribution in [0.5, 0.6) is 0 Å². The third-order valence-electron chi connectivity index (χ3n) is 2.35. The Bertz CT molecular complexity index is 444. The number of carbonyl (C=O) groups is 2. The van der Waals surface area contributed by atoms with E-state index in [9.17, 15) is 9.59 Å². The zero-order chi connectivity index (χ0) is 16.5. The van der Waals surface area contributed by atoms with Crippen LogP contribution in [0.1, 0.15) is 57.0 Å². The molecule has 1 amide bonds. The van der Waals surface area contributed by atoms with Gasteiger partial charge < -0.3 is 10.1 Å². The number of hydrogen-bond acceptors (Lipinski definition) is 3. The van der Waals surface area contributed by atoms with Crippen molar-refractivity contribution in [2.45, 2.75) is 53.6 Å². The largest absolute Gasteiger partial charge is 0.460 e. The van der Waals surface area contributed by atoms with Gasteiger partial charge in [-0.05, 0) is 39.8 Å². The molecule has 0 atom stereocenters. The molecule has 0 bridgehead atoms. The van der Waals surface area contributed by atoms with E-state index >= 15 is 0 Å². The highest BCUT2D eigenvalue weighted by Gasteiger charge is 2.16. The predicted octanol–water partition coefficient (Wildman–Crippen LogP) is 3.48. The van der Waals surface area contributed by atoms with Gasteiger partial charge >= 0.3 is 5.97 Å². The van der Waals surface area contributed by atoms with Gasteiger partial charge in [0.15, 0.2) is 0 Å². The van der Waals surface area contributed by atoms with Crippen LogP contribution < -0.4 is 5.32 Å². The molecule has 1 aromatic carbocycles. The summed E-state index contributed by atoms with van der Waals surface area (Å²) in [7, 11) is 0. The fraction of sp³-hybridized carbons (Fsp3) is 0.529. The van der Waals surface area contributed by atoms with E-state index in [0.29, 0.717) is 5.56 Å². The van der Waals surface area contributed by atoms with E-state index in [2.05, 4.69) is 5.32 Å². The van der Waals surface area contributed by atoms with E-state index in [4.69, 9.17) is 4.74 Å². The van der Waals surface area contributed by atoms with E-state index in [1.165, 1.54) is 0 Å². The normalized spacial score (nSPS) is 10.2. The van der Waals surface area contributed by atoms with Crippen LogP contribution in [-0.2, 0) is 9.53 Å². The standard InChI is InChI=1S/C15H21NO3.C2H6/c1-11-5-7-12(8-6-11)14(18)16-10-9-13(17)19-15(2,3)4;1-2/h5-8H,9-10H2,1-4H3,(H,16,18);1-2H3. The van der Waals surface area contributed by atoms with Crippen molar-refractivity contribution in [2.24, 2.45) is 0 Å². The molecular formula is C17H27NO3. The van der Waals surface area contributed by atoms with Crippen LogP contribution in [0.2, 0.25) is 0 Å². The average Bonchev–Trinajstić information content (AvgIpc) is 2.39. The molecule has 0 heterocycles. The monoisotopic (exact) mass is 293 g/mol. The van der Waals surface area contributed by atoms with E-state index in [0.717, 1.165) is 5.56 Å². The summed E-state index contributed by atoms with van der Waals surface area (Å²) < 4.78 is 5.15. The Morgan fingerprint density at radius 2 is 1.62 bits per heavy atom. The number of amides is 1. The highest BCUT2D eigenvalue weighted by Crippen LogP contribution is 2.08. The fourth-order valence-corrected chi connectivity index (χ4v) is 1.48. The molecule has 1 aromatic rings. The Morgan fingerprint density at radius 3 is 2.10 bits per heavy atom. The minimum absolute atomic E-state index is 0.175. The maximum atomic E-state index is 11.8. The lowest BCUT2D eigenvalue weighted by molar-refractivity contribution is -0.154. The lowest BCUT2D eigenvalue weighted by Crippen LogP contribution is -2.29. The molecule has 1 rings (SSSR count). The molecule has 0 radical (unpaired) electrons. The second-order valence-electron chi connectivity index (χ2n) is 5.46. The SMILES string of the molecule is CC.Cc1ccc(C(=O)NCCC(=O)OC(C)(C)C)cc1. The Balaban J connectivity index is 0.00000191. The molecule has 0 fully saturated rings. The van der Waals surface area contributed by atoms with E-state index in [-0.39, 0.29) is 24.8 Å². The lowest BCUT2D eigenvalue weighted by Gasteiger charge is -2.19. The molecule has 0 aliphatic heterocycles. The van der Waals surface area contributed by atoms with Gasteiger partial charge in [0.2, 0.25) is 0 Å². The minimum Gasteiger partial charge on any atom is -0.460 e. The molecule has 0 aliphatic rings. The number of hydrogen-bond donors (Lipinski definition) is 1. The summed E-state index contributed by atoms with van der Waals surface area (Å²) in [6, 6.07) is 7.28.